The molecule has 0 bridgehead atoms. The predicted octanol–water partition coefficient (Wildman–Crippen LogP) is 5.92. The summed E-state index contributed by atoms with van der Waals surface area (Å²) < 4.78 is 5.18. The molecule has 0 saturated heterocycles. The average molecular weight is 501 g/mol. The van der Waals surface area contributed by atoms with Gasteiger partial charge >= 0.3 is 5.97 Å². The highest BCUT2D eigenvalue weighted by Gasteiger charge is 2.18. The molecule has 3 N–H and O–H groups in total. The Morgan fingerprint density at radius 1 is 0.833 bits per heavy atom. The van der Waals surface area contributed by atoms with Crippen LogP contribution >= 0.6 is 11.8 Å². The highest BCUT2D eigenvalue weighted by atomic mass is 32.2. The van der Waals surface area contributed by atoms with E-state index in [9.17, 15) is 19.5 Å². The van der Waals surface area contributed by atoms with Crippen molar-refractivity contribution in [2.45, 2.75) is 17.1 Å². The van der Waals surface area contributed by atoms with Gasteiger partial charge in [-0.15, -0.1) is 11.8 Å². The standard InChI is InChI=1S/C28H24N2O5S/c1-17(26(31)30-20-8-5-9-21(16-20)35-2)36-22-14-12-19(13-15-22)29-27(32)23-10-3-6-18-7-4-11-24(25(18)23)28(33)34/h3-17H,1-2H3,(H,29,32)(H,30,31)(H,33,34). The van der Waals surface area contributed by atoms with Crippen LogP contribution in [0.5, 0.6) is 5.75 Å². The van der Waals surface area contributed by atoms with E-state index in [4.69, 9.17) is 4.74 Å². The van der Waals surface area contributed by atoms with Gasteiger partial charge in [-0.1, -0.05) is 30.3 Å². The molecule has 1 unspecified atom stereocenters. The monoisotopic (exact) mass is 500 g/mol. The van der Waals surface area contributed by atoms with E-state index in [1.807, 2.05) is 19.1 Å². The van der Waals surface area contributed by atoms with E-state index >= 15 is 0 Å². The van der Waals surface area contributed by atoms with Gasteiger partial charge in [0.05, 0.1) is 17.9 Å². The molecule has 2 amide bonds. The number of benzene rings is 4. The van der Waals surface area contributed by atoms with E-state index in [1.54, 1.807) is 73.8 Å². The Kier molecular flexibility index (Phi) is 7.56. The smallest absolute Gasteiger partial charge is 0.336 e. The van der Waals surface area contributed by atoms with Crippen LogP contribution in [0.3, 0.4) is 0 Å². The summed E-state index contributed by atoms with van der Waals surface area (Å²) in [6.45, 7) is 1.82. The summed E-state index contributed by atoms with van der Waals surface area (Å²) in [6, 6.07) is 24.3. The molecule has 182 valence electrons. The number of anilines is 2. The number of aromatic carboxylic acids is 1. The fraction of sp³-hybridized carbons (Fsp3) is 0.107. The van der Waals surface area contributed by atoms with Crippen molar-refractivity contribution in [1.82, 2.24) is 0 Å². The van der Waals surface area contributed by atoms with Gasteiger partial charge in [-0.05, 0) is 60.8 Å². The maximum absolute atomic E-state index is 13.0. The molecule has 0 aliphatic rings. The SMILES string of the molecule is COc1cccc(NC(=O)C(C)Sc2ccc(NC(=O)c3cccc4cccc(C(=O)O)c34)cc2)c1. The highest BCUT2D eigenvalue weighted by molar-refractivity contribution is 8.00. The van der Waals surface area contributed by atoms with Gasteiger partial charge in [-0.3, -0.25) is 9.59 Å². The lowest BCUT2D eigenvalue weighted by atomic mass is 9.98. The molecule has 1 atom stereocenters. The summed E-state index contributed by atoms with van der Waals surface area (Å²) in [7, 11) is 1.57. The number of fused-ring (bicyclic) bond motifs is 1. The van der Waals surface area contributed by atoms with E-state index in [0.29, 0.717) is 27.9 Å². The van der Waals surface area contributed by atoms with Crippen molar-refractivity contribution in [2.75, 3.05) is 17.7 Å². The number of thioether (sulfide) groups is 1. The molecular formula is C28H24N2O5S. The molecular weight excluding hydrogens is 476 g/mol. The van der Waals surface area contributed by atoms with Gasteiger partial charge in [0, 0.05) is 33.3 Å². The molecule has 8 heteroatoms. The van der Waals surface area contributed by atoms with Gasteiger partial charge in [0.1, 0.15) is 5.75 Å². The second kappa shape index (κ2) is 11.0. The summed E-state index contributed by atoms with van der Waals surface area (Å²) in [4.78, 5) is 38.1. The van der Waals surface area contributed by atoms with Crippen molar-refractivity contribution in [2.24, 2.45) is 0 Å². The summed E-state index contributed by atoms with van der Waals surface area (Å²) in [5.41, 5.74) is 1.57. The second-order valence-electron chi connectivity index (χ2n) is 7.97. The Balaban J connectivity index is 1.43. The maximum Gasteiger partial charge on any atom is 0.336 e. The fourth-order valence-corrected chi connectivity index (χ4v) is 4.59. The first-order valence-corrected chi connectivity index (χ1v) is 12.0. The van der Waals surface area contributed by atoms with Crippen molar-refractivity contribution in [3.05, 3.63) is 96.1 Å². The number of methoxy groups -OCH3 is 1. The number of carboxylic acid groups (broad SMARTS) is 1. The number of ether oxygens (including phenoxy) is 1. The zero-order chi connectivity index (χ0) is 25.7. The minimum absolute atomic E-state index is 0.0752. The van der Waals surface area contributed by atoms with Crippen molar-refractivity contribution in [3.63, 3.8) is 0 Å². The minimum atomic E-state index is -1.09. The van der Waals surface area contributed by atoms with Crippen LogP contribution in [-0.2, 0) is 4.79 Å². The number of carbonyl (C=O) groups excluding carboxylic acids is 2. The Bertz CT molecular complexity index is 1430. The van der Waals surface area contributed by atoms with Crippen LogP contribution in [-0.4, -0.2) is 35.2 Å². The minimum Gasteiger partial charge on any atom is -0.497 e. The Labute approximate surface area is 212 Å². The normalized spacial score (nSPS) is 11.5. The molecule has 0 saturated carbocycles. The maximum atomic E-state index is 13.0. The molecule has 0 aliphatic heterocycles. The molecule has 4 rings (SSSR count). The van der Waals surface area contributed by atoms with Gasteiger partial charge in [-0.2, -0.15) is 0 Å². The van der Waals surface area contributed by atoms with Crippen molar-refractivity contribution >= 4 is 51.7 Å². The van der Waals surface area contributed by atoms with Crippen LogP contribution in [0.25, 0.3) is 10.8 Å². The summed E-state index contributed by atoms with van der Waals surface area (Å²) in [5, 5.41) is 16.0. The van der Waals surface area contributed by atoms with Gasteiger partial charge in [0.15, 0.2) is 0 Å². The second-order valence-corrected chi connectivity index (χ2v) is 9.39. The van der Waals surface area contributed by atoms with Crippen LogP contribution in [0, 0.1) is 0 Å². The highest BCUT2D eigenvalue weighted by Crippen LogP contribution is 2.28. The first kappa shape index (κ1) is 24.8. The summed E-state index contributed by atoms with van der Waals surface area (Å²) in [5.74, 6) is -0.975. The Morgan fingerprint density at radius 3 is 2.17 bits per heavy atom. The zero-order valence-electron chi connectivity index (χ0n) is 19.6. The predicted molar refractivity (Wildman–Crippen MR) is 142 cm³/mol. The molecule has 4 aromatic rings. The zero-order valence-corrected chi connectivity index (χ0v) is 20.5. The van der Waals surface area contributed by atoms with E-state index < -0.39 is 11.9 Å². The number of hydrogen-bond acceptors (Lipinski definition) is 5. The molecule has 0 fully saturated rings. The summed E-state index contributed by atoms with van der Waals surface area (Å²) in [6.07, 6.45) is 0. The third-order valence-electron chi connectivity index (χ3n) is 5.51. The number of amides is 2. The topological polar surface area (TPSA) is 105 Å². The number of nitrogens with one attached hydrogen (secondary N) is 2. The van der Waals surface area contributed by atoms with Gasteiger partial charge in [0.2, 0.25) is 5.91 Å². The van der Waals surface area contributed by atoms with Crippen molar-refractivity contribution in [3.8, 4) is 5.75 Å². The largest absolute Gasteiger partial charge is 0.497 e. The van der Waals surface area contributed by atoms with Gasteiger partial charge < -0.3 is 20.5 Å². The Morgan fingerprint density at radius 2 is 1.50 bits per heavy atom. The molecule has 0 spiro atoms. The molecule has 0 aromatic heterocycles. The van der Waals surface area contributed by atoms with E-state index in [0.717, 1.165) is 4.90 Å². The van der Waals surface area contributed by atoms with E-state index in [1.165, 1.54) is 17.8 Å². The third kappa shape index (κ3) is 5.67. The summed E-state index contributed by atoms with van der Waals surface area (Å²) >= 11 is 1.39. The number of carbonyl (C=O) groups is 3. The average Bonchev–Trinajstić information content (AvgIpc) is 2.89. The first-order valence-electron chi connectivity index (χ1n) is 11.1. The van der Waals surface area contributed by atoms with E-state index in [-0.39, 0.29) is 22.3 Å². The van der Waals surface area contributed by atoms with Gasteiger partial charge in [-0.25, -0.2) is 4.79 Å². The van der Waals surface area contributed by atoms with Crippen LogP contribution < -0.4 is 15.4 Å². The quantitative estimate of drug-likeness (QED) is 0.260. The molecule has 36 heavy (non-hydrogen) atoms. The molecule has 0 heterocycles. The number of rotatable bonds is 8. The third-order valence-corrected chi connectivity index (χ3v) is 6.62. The van der Waals surface area contributed by atoms with Crippen LogP contribution in [0.4, 0.5) is 11.4 Å². The lowest BCUT2D eigenvalue weighted by molar-refractivity contribution is -0.115. The van der Waals surface area contributed by atoms with Crippen molar-refractivity contribution < 1.29 is 24.2 Å². The first-order chi connectivity index (χ1) is 17.4. The molecule has 0 aliphatic carbocycles. The number of carboxylic acids is 1. The van der Waals surface area contributed by atoms with Crippen LogP contribution in [0.1, 0.15) is 27.6 Å². The lowest BCUT2D eigenvalue weighted by Gasteiger charge is -2.13. The van der Waals surface area contributed by atoms with Gasteiger partial charge in [0.25, 0.3) is 5.91 Å². The Hall–Kier alpha value is -4.30. The van der Waals surface area contributed by atoms with Crippen LogP contribution in [0.15, 0.2) is 89.8 Å². The van der Waals surface area contributed by atoms with E-state index in [2.05, 4.69) is 10.6 Å². The molecule has 7 nitrogen and oxygen atoms in total. The molecule has 4 aromatic carbocycles. The van der Waals surface area contributed by atoms with Crippen LogP contribution in [0.2, 0.25) is 0 Å². The lowest BCUT2D eigenvalue weighted by Crippen LogP contribution is -2.22. The fourth-order valence-electron chi connectivity index (χ4n) is 3.73. The molecule has 0 radical (unpaired) electrons. The number of hydrogen-bond donors (Lipinski definition) is 3. The van der Waals surface area contributed by atoms with Crippen molar-refractivity contribution in [1.29, 1.82) is 0 Å².